The number of ether oxygens (including phenoxy) is 1. The van der Waals surface area contributed by atoms with Crippen LogP contribution in [-0.4, -0.2) is 71.6 Å². The highest BCUT2D eigenvalue weighted by molar-refractivity contribution is 5.97. The second kappa shape index (κ2) is 11.1. The summed E-state index contributed by atoms with van der Waals surface area (Å²) in [6, 6.07) is 16.9. The van der Waals surface area contributed by atoms with Crippen LogP contribution in [0, 0.1) is 0 Å². The number of benzene rings is 2. The number of nitrogens with zero attached hydrogens (tertiary/aromatic N) is 2. The molecule has 0 aliphatic carbocycles. The monoisotopic (exact) mass is 425 g/mol. The van der Waals surface area contributed by atoms with Crippen molar-refractivity contribution in [3.8, 4) is 0 Å². The number of rotatable bonds is 6. The number of nitrogens with one attached hydrogen (secondary N) is 1. The number of amides is 3. The summed E-state index contributed by atoms with van der Waals surface area (Å²) in [5, 5.41) is 12.3. The Bertz CT molecular complexity index is 875. The number of aliphatic hydroxyl groups is 1. The van der Waals surface area contributed by atoms with Gasteiger partial charge >= 0.3 is 6.09 Å². The zero-order valence-electron chi connectivity index (χ0n) is 17.3. The molecular weight excluding hydrogens is 398 g/mol. The summed E-state index contributed by atoms with van der Waals surface area (Å²) in [4.78, 5) is 40.7. The average molecular weight is 425 g/mol. The number of hydrogen-bond donors (Lipinski definition) is 2. The summed E-state index contributed by atoms with van der Waals surface area (Å²) < 4.78 is 5.38. The molecule has 0 spiro atoms. The molecule has 1 aliphatic rings. The zero-order valence-corrected chi connectivity index (χ0v) is 17.3. The first-order valence-corrected chi connectivity index (χ1v) is 10.3. The van der Waals surface area contributed by atoms with Crippen molar-refractivity contribution in [2.45, 2.75) is 19.1 Å². The standard InChI is InChI=1S/C23H27N3O5/c27-16-20(24-21(28)19-10-5-2-6-11-19)22(29)25-12-7-13-26(15-14-25)23(30)31-17-18-8-3-1-4-9-18/h1-6,8-11,20,27H,7,12-17H2,(H,24,28). The Morgan fingerprint density at radius 2 is 1.52 bits per heavy atom. The summed E-state index contributed by atoms with van der Waals surface area (Å²) in [6.45, 7) is 1.21. The van der Waals surface area contributed by atoms with E-state index in [1.54, 1.807) is 40.1 Å². The van der Waals surface area contributed by atoms with Crippen molar-refractivity contribution >= 4 is 17.9 Å². The molecule has 2 aromatic rings. The zero-order chi connectivity index (χ0) is 22.1. The Balaban J connectivity index is 1.51. The minimum atomic E-state index is -1.04. The van der Waals surface area contributed by atoms with E-state index in [9.17, 15) is 19.5 Å². The van der Waals surface area contributed by atoms with Crippen LogP contribution in [0.5, 0.6) is 0 Å². The maximum Gasteiger partial charge on any atom is 0.410 e. The van der Waals surface area contributed by atoms with Crippen LogP contribution in [-0.2, 0) is 16.1 Å². The molecule has 1 saturated heterocycles. The van der Waals surface area contributed by atoms with Gasteiger partial charge in [-0.05, 0) is 24.1 Å². The van der Waals surface area contributed by atoms with Crippen LogP contribution in [0.2, 0.25) is 0 Å². The van der Waals surface area contributed by atoms with E-state index in [-0.39, 0.29) is 12.5 Å². The van der Waals surface area contributed by atoms with Crippen LogP contribution in [0.3, 0.4) is 0 Å². The highest BCUT2D eigenvalue weighted by Gasteiger charge is 2.28. The maximum atomic E-state index is 12.9. The third-order valence-corrected chi connectivity index (χ3v) is 5.09. The second-order valence-electron chi connectivity index (χ2n) is 7.28. The van der Waals surface area contributed by atoms with Crippen molar-refractivity contribution in [3.05, 3.63) is 71.8 Å². The van der Waals surface area contributed by atoms with E-state index in [4.69, 9.17) is 4.74 Å². The van der Waals surface area contributed by atoms with Crippen molar-refractivity contribution in [3.63, 3.8) is 0 Å². The lowest BCUT2D eigenvalue weighted by atomic mass is 10.2. The smallest absolute Gasteiger partial charge is 0.410 e. The molecule has 1 heterocycles. The first-order chi connectivity index (χ1) is 15.1. The lowest BCUT2D eigenvalue weighted by Gasteiger charge is -2.26. The van der Waals surface area contributed by atoms with Gasteiger partial charge in [-0.1, -0.05) is 48.5 Å². The fourth-order valence-corrected chi connectivity index (χ4v) is 3.37. The van der Waals surface area contributed by atoms with Gasteiger partial charge in [0.2, 0.25) is 5.91 Å². The predicted octanol–water partition coefficient (Wildman–Crippen LogP) is 1.65. The quantitative estimate of drug-likeness (QED) is 0.733. The molecule has 8 nitrogen and oxygen atoms in total. The molecule has 8 heteroatoms. The molecule has 0 aromatic heterocycles. The molecule has 0 saturated carbocycles. The number of carbonyl (C=O) groups is 3. The second-order valence-corrected chi connectivity index (χ2v) is 7.28. The lowest BCUT2D eigenvalue weighted by molar-refractivity contribution is -0.134. The molecule has 1 unspecified atom stereocenters. The topological polar surface area (TPSA) is 99.2 Å². The van der Waals surface area contributed by atoms with E-state index in [2.05, 4.69) is 5.32 Å². The Morgan fingerprint density at radius 1 is 0.903 bits per heavy atom. The molecule has 164 valence electrons. The van der Waals surface area contributed by atoms with Gasteiger partial charge in [0, 0.05) is 31.7 Å². The molecule has 1 fully saturated rings. The van der Waals surface area contributed by atoms with Crippen LogP contribution in [0.4, 0.5) is 4.79 Å². The number of aliphatic hydroxyl groups excluding tert-OH is 1. The van der Waals surface area contributed by atoms with Gasteiger partial charge in [0.25, 0.3) is 5.91 Å². The van der Waals surface area contributed by atoms with Crippen LogP contribution in [0.15, 0.2) is 60.7 Å². The molecule has 2 aromatic carbocycles. The van der Waals surface area contributed by atoms with E-state index in [1.807, 2.05) is 30.3 Å². The highest BCUT2D eigenvalue weighted by atomic mass is 16.6. The van der Waals surface area contributed by atoms with E-state index >= 15 is 0 Å². The van der Waals surface area contributed by atoms with Crippen LogP contribution < -0.4 is 5.32 Å². The third kappa shape index (κ3) is 6.29. The predicted molar refractivity (Wildman–Crippen MR) is 114 cm³/mol. The average Bonchev–Trinajstić information content (AvgIpc) is 3.08. The third-order valence-electron chi connectivity index (χ3n) is 5.09. The van der Waals surface area contributed by atoms with Gasteiger partial charge in [-0.25, -0.2) is 4.79 Å². The van der Waals surface area contributed by atoms with Gasteiger partial charge in [-0.3, -0.25) is 9.59 Å². The number of carbonyl (C=O) groups excluding carboxylic acids is 3. The number of hydrogen-bond acceptors (Lipinski definition) is 5. The minimum Gasteiger partial charge on any atom is -0.445 e. The maximum absolute atomic E-state index is 12.9. The molecular formula is C23H27N3O5. The molecule has 1 atom stereocenters. The minimum absolute atomic E-state index is 0.191. The van der Waals surface area contributed by atoms with Crippen molar-refractivity contribution in [1.29, 1.82) is 0 Å². The summed E-state index contributed by atoms with van der Waals surface area (Å²) in [5.74, 6) is -0.791. The van der Waals surface area contributed by atoms with E-state index < -0.39 is 24.6 Å². The Kier molecular flexibility index (Phi) is 8.00. The Morgan fingerprint density at radius 3 is 2.19 bits per heavy atom. The van der Waals surface area contributed by atoms with Gasteiger partial charge in [0.05, 0.1) is 6.61 Å². The summed E-state index contributed by atoms with van der Waals surface area (Å²) in [7, 11) is 0. The van der Waals surface area contributed by atoms with Gasteiger partial charge in [-0.15, -0.1) is 0 Å². The van der Waals surface area contributed by atoms with Crippen LogP contribution in [0.1, 0.15) is 22.3 Å². The molecule has 3 amide bonds. The molecule has 3 rings (SSSR count). The largest absolute Gasteiger partial charge is 0.445 e. The molecule has 1 aliphatic heterocycles. The van der Waals surface area contributed by atoms with Crippen LogP contribution in [0.25, 0.3) is 0 Å². The Labute approximate surface area is 181 Å². The fraction of sp³-hybridized carbons (Fsp3) is 0.348. The molecule has 0 bridgehead atoms. The normalized spacial score (nSPS) is 15.0. The van der Waals surface area contributed by atoms with E-state index in [0.29, 0.717) is 38.2 Å². The Hall–Kier alpha value is -3.39. The first kappa shape index (κ1) is 22.3. The van der Waals surface area contributed by atoms with Crippen molar-refractivity contribution < 1.29 is 24.2 Å². The SMILES string of the molecule is O=C(NC(CO)C(=O)N1CCCN(C(=O)OCc2ccccc2)CC1)c1ccccc1. The van der Waals surface area contributed by atoms with Crippen molar-refractivity contribution in [2.75, 3.05) is 32.8 Å². The van der Waals surface area contributed by atoms with Gasteiger partial charge in [0.1, 0.15) is 12.6 Å². The van der Waals surface area contributed by atoms with Crippen LogP contribution >= 0.6 is 0 Å². The van der Waals surface area contributed by atoms with E-state index in [0.717, 1.165) is 5.56 Å². The van der Waals surface area contributed by atoms with Gasteiger partial charge in [0.15, 0.2) is 0 Å². The highest BCUT2D eigenvalue weighted by Crippen LogP contribution is 2.09. The molecule has 2 N–H and O–H groups in total. The molecule has 31 heavy (non-hydrogen) atoms. The summed E-state index contributed by atoms with van der Waals surface area (Å²) >= 11 is 0. The summed E-state index contributed by atoms with van der Waals surface area (Å²) in [5.41, 5.74) is 1.32. The van der Waals surface area contributed by atoms with Crippen molar-refractivity contribution in [2.24, 2.45) is 0 Å². The first-order valence-electron chi connectivity index (χ1n) is 10.3. The lowest BCUT2D eigenvalue weighted by Crippen LogP contribution is -2.51. The van der Waals surface area contributed by atoms with E-state index in [1.165, 1.54) is 0 Å². The van der Waals surface area contributed by atoms with Gasteiger partial charge < -0.3 is 25.0 Å². The van der Waals surface area contributed by atoms with Crippen molar-refractivity contribution in [1.82, 2.24) is 15.1 Å². The van der Waals surface area contributed by atoms with Gasteiger partial charge in [-0.2, -0.15) is 0 Å². The molecule has 0 radical (unpaired) electrons. The fourth-order valence-electron chi connectivity index (χ4n) is 3.37. The summed E-state index contributed by atoms with van der Waals surface area (Å²) in [6.07, 6.45) is 0.158.